The van der Waals surface area contributed by atoms with Gasteiger partial charge in [-0.15, -0.1) is 0 Å². The van der Waals surface area contributed by atoms with Crippen molar-refractivity contribution >= 4 is 12.0 Å². The quantitative estimate of drug-likeness (QED) is 0.801. The van der Waals surface area contributed by atoms with Crippen molar-refractivity contribution in [2.24, 2.45) is 0 Å². The summed E-state index contributed by atoms with van der Waals surface area (Å²) in [5.74, 6) is 0.0805. The Morgan fingerprint density at radius 2 is 2.28 bits per heavy atom. The van der Waals surface area contributed by atoms with Crippen molar-refractivity contribution < 1.29 is 9.53 Å². The molecule has 0 N–H and O–H groups in total. The van der Waals surface area contributed by atoms with Crippen LogP contribution in [0.2, 0.25) is 0 Å². The second kappa shape index (κ2) is 5.36. The van der Waals surface area contributed by atoms with Gasteiger partial charge in [-0.05, 0) is 37.1 Å². The van der Waals surface area contributed by atoms with E-state index in [-0.39, 0.29) is 12.0 Å². The summed E-state index contributed by atoms with van der Waals surface area (Å²) in [6.07, 6.45) is 1.89. The predicted octanol–water partition coefficient (Wildman–Crippen LogP) is 2.50. The molecular weight excluding hydrogens is 226 g/mol. The molecule has 3 heteroatoms. The number of carbonyl (C=O) groups excluding carboxylic acids is 1. The molecule has 0 aromatic heterocycles. The van der Waals surface area contributed by atoms with Gasteiger partial charge in [0.2, 0.25) is 0 Å². The molecule has 1 aromatic carbocycles. The lowest BCUT2D eigenvalue weighted by Gasteiger charge is -2.31. The van der Waals surface area contributed by atoms with E-state index < -0.39 is 0 Å². The van der Waals surface area contributed by atoms with Crippen LogP contribution in [0.15, 0.2) is 24.8 Å². The zero-order valence-corrected chi connectivity index (χ0v) is 11.0. The molecule has 96 valence electrons. The normalized spacial score (nSPS) is 19.7. The molecule has 0 radical (unpaired) electrons. The standard InChI is InChI=1S/C15H19NO2/c1-4-13-7-11(2)8-14(9-13)15(17)16-5-6-18-12(3)10-16/h4,7-9,12H,1,5-6,10H2,2-3H3. The summed E-state index contributed by atoms with van der Waals surface area (Å²) < 4.78 is 5.45. The van der Waals surface area contributed by atoms with Gasteiger partial charge in [0, 0.05) is 18.7 Å². The summed E-state index contributed by atoms with van der Waals surface area (Å²) in [6.45, 7) is 9.68. The zero-order chi connectivity index (χ0) is 13.1. The topological polar surface area (TPSA) is 29.5 Å². The highest BCUT2D eigenvalue weighted by Crippen LogP contribution is 2.15. The Bertz CT molecular complexity index is 468. The van der Waals surface area contributed by atoms with Gasteiger partial charge in [0.1, 0.15) is 0 Å². The Kier molecular flexibility index (Phi) is 3.82. The third kappa shape index (κ3) is 2.79. The first-order chi connectivity index (χ1) is 8.60. The number of amides is 1. The Labute approximate surface area is 108 Å². The Balaban J connectivity index is 2.22. The number of carbonyl (C=O) groups is 1. The molecule has 0 bridgehead atoms. The lowest BCUT2D eigenvalue weighted by molar-refractivity contribution is -0.0124. The van der Waals surface area contributed by atoms with Crippen molar-refractivity contribution in [2.75, 3.05) is 19.7 Å². The average molecular weight is 245 g/mol. The molecule has 3 nitrogen and oxygen atoms in total. The van der Waals surface area contributed by atoms with Crippen molar-refractivity contribution in [3.8, 4) is 0 Å². The van der Waals surface area contributed by atoms with Crippen LogP contribution in [0.4, 0.5) is 0 Å². The number of hydrogen-bond donors (Lipinski definition) is 0. The lowest BCUT2D eigenvalue weighted by Crippen LogP contribution is -2.44. The number of morpholine rings is 1. The summed E-state index contributed by atoms with van der Waals surface area (Å²) in [4.78, 5) is 14.3. The van der Waals surface area contributed by atoms with Crippen LogP contribution in [0.1, 0.15) is 28.4 Å². The van der Waals surface area contributed by atoms with Gasteiger partial charge in [0.05, 0.1) is 12.7 Å². The van der Waals surface area contributed by atoms with Crippen LogP contribution in [-0.2, 0) is 4.74 Å². The molecule has 1 aromatic rings. The lowest BCUT2D eigenvalue weighted by atomic mass is 10.1. The van der Waals surface area contributed by atoms with Crippen LogP contribution in [-0.4, -0.2) is 36.6 Å². The minimum atomic E-state index is 0.0805. The van der Waals surface area contributed by atoms with Crippen LogP contribution in [0.3, 0.4) is 0 Å². The van der Waals surface area contributed by atoms with Crippen LogP contribution >= 0.6 is 0 Å². The molecule has 1 atom stereocenters. The number of rotatable bonds is 2. The van der Waals surface area contributed by atoms with E-state index in [1.165, 1.54) is 0 Å². The molecule has 1 aliphatic heterocycles. The molecule has 1 heterocycles. The second-order valence-corrected chi connectivity index (χ2v) is 4.77. The van der Waals surface area contributed by atoms with E-state index in [4.69, 9.17) is 4.74 Å². The van der Waals surface area contributed by atoms with Gasteiger partial charge in [-0.25, -0.2) is 0 Å². The van der Waals surface area contributed by atoms with Gasteiger partial charge < -0.3 is 9.64 Å². The fourth-order valence-corrected chi connectivity index (χ4v) is 2.24. The van der Waals surface area contributed by atoms with E-state index in [1.54, 1.807) is 6.08 Å². The highest BCUT2D eigenvalue weighted by Gasteiger charge is 2.22. The molecule has 18 heavy (non-hydrogen) atoms. The van der Waals surface area contributed by atoms with Gasteiger partial charge in [-0.3, -0.25) is 4.79 Å². The third-order valence-electron chi connectivity index (χ3n) is 3.11. The minimum Gasteiger partial charge on any atom is -0.375 e. The van der Waals surface area contributed by atoms with Crippen molar-refractivity contribution in [3.05, 3.63) is 41.5 Å². The van der Waals surface area contributed by atoms with Gasteiger partial charge in [-0.2, -0.15) is 0 Å². The van der Waals surface area contributed by atoms with Gasteiger partial charge in [0.25, 0.3) is 5.91 Å². The first kappa shape index (κ1) is 12.8. The number of ether oxygens (including phenoxy) is 1. The van der Waals surface area contributed by atoms with Gasteiger partial charge in [0.15, 0.2) is 0 Å². The van der Waals surface area contributed by atoms with E-state index in [1.807, 2.05) is 36.9 Å². The molecule has 1 amide bonds. The Morgan fingerprint density at radius 1 is 1.50 bits per heavy atom. The van der Waals surface area contributed by atoms with Crippen molar-refractivity contribution in [3.63, 3.8) is 0 Å². The third-order valence-corrected chi connectivity index (χ3v) is 3.11. The smallest absolute Gasteiger partial charge is 0.254 e. The molecule has 1 unspecified atom stereocenters. The minimum absolute atomic E-state index is 0.0805. The largest absolute Gasteiger partial charge is 0.375 e. The first-order valence-corrected chi connectivity index (χ1v) is 6.25. The predicted molar refractivity (Wildman–Crippen MR) is 72.6 cm³/mol. The molecule has 2 rings (SSSR count). The Morgan fingerprint density at radius 3 is 2.94 bits per heavy atom. The van der Waals surface area contributed by atoms with Crippen molar-refractivity contribution in [2.45, 2.75) is 20.0 Å². The first-order valence-electron chi connectivity index (χ1n) is 6.25. The average Bonchev–Trinajstić information content (AvgIpc) is 2.37. The van der Waals surface area contributed by atoms with Crippen molar-refractivity contribution in [1.82, 2.24) is 4.90 Å². The summed E-state index contributed by atoms with van der Waals surface area (Å²) in [5, 5.41) is 0. The summed E-state index contributed by atoms with van der Waals surface area (Å²) in [6, 6.07) is 5.84. The number of nitrogens with zero attached hydrogens (tertiary/aromatic N) is 1. The summed E-state index contributed by atoms with van der Waals surface area (Å²) >= 11 is 0. The second-order valence-electron chi connectivity index (χ2n) is 4.77. The fourth-order valence-electron chi connectivity index (χ4n) is 2.24. The van der Waals surface area contributed by atoms with E-state index in [2.05, 4.69) is 6.58 Å². The molecular formula is C15H19NO2. The highest BCUT2D eigenvalue weighted by atomic mass is 16.5. The summed E-state index contributed by atoms with van der Waals surface area (Å²) in [7, 11) is 0. The maximum atomic E-state index is 12.4. The Hall–Kier alpha value is -1.61. The summed E-state index contributed by atoms with van der Waals surface area (Å²) in [5.41, 5.74) is 2.80. The zero-order valence-electron chi connectivity index (χ0n) is 11.0. The molecule has 0 saturated carbocycles. The fraction of sp³-hybridized carbons (Fsp3) is 0.400. The van der Waals surface area contributed by atoms with Crippen LogP contribution < -0.4 is 0 Å². The molecule has 1 aliphatic rings. The van der Waals surface area contributed by atoms with Crippen LogP contribution in [0.25, 0.3) is 6.08 Å². The van der Waals surface area contributed by atoms with E-state index in [9.17, 15) is 4.79 Å². The monoisotopic (exact) mass is 245 g/mol. The van der Waals surface area contributed by atoms with E-state index >= 15 is 0 Å². The van der Waals surface area contributed by atoms with Gasteiger partial charge >= 0.3 is 0 Å². The van der Waals surface area contributed by atoms with Gasteiger partial charge in [-0.1, -0.05) is 18.7 Å². The highest BCUT2D eigenvalue weighted by molar-refractivity contribution is 5.95. The molecule has 0 spiro atoms. The number of aryl methyl sites for hydroxylation is 1. The maximum Gasteiger partial charge on any atom is 0.254 e. The molecule has 1 fully saturated rings. The van der Waals surface area contributed by atoms with E-state index in [0.717, 1.165) is 16.7 Å². The van der Waals surface area contributed by atoms with Crippen LogP contribution in [0, 0.1) is 6.92 Å². The molecule has 0 aliphatic carbocycles. The number of benzene rings is 1. The number of hydrogen-bond acceptors (Lipinski definition) is 2. The van der Waals surface area contributed by atoms with Crippen LogP contribution in [0.5, 0.6) is 0 Å². The van der Waals surface area contributed by atoms with E-state index in [0.29, 0.717) is 19.7 Å². The SMILES string of the molecule is C=Cc1cc(C)cc(C(=O)N2CCOC(C)C2)c1. The molecule has 1 saturated heterocycles. The maximum absolute atomic E-state index is 12.4. The van der Waals surface area contributed by atoms with Crippen molar-refractivity contribution in [1.29, 1.82) is 0 Å².